The van der Waals surface area contributed by atoms with Gasteiger partial charge in [0, 0.05) is 0 Å². The van der Waals surface area contributed by atoms with E-state index < -0.39 is 0 Å². The molecule has 2 rings (SSSR count). The topological polar surface area (TPSA) is 31.9 Å². The van der Waals surface area contributed by atoms with Gasteiger partial charge in [0.15, 0.2) is 0 Å². The largest absolute Gasteiger partial charge is 0.341 e. The second kappa shape index (κ2) is 7.60. The van der Waals surface area contributed by atoms with E-state index in [0.717, 1.165) is 37.3 Å². The highest BCUT2D eigenvalue weighted by molar-refractivity contribution is 5.76. The van der Waals surface area contributed by atoms with Crippen LogP contribution in [0.5, 0.6) is 0 Å². The molecular formula is C18H29N3. The van der Waals surface area contributed by atoms with Gasteiger partial charge in [0.25, 0.3) is 0 Å². The molecule has 0 fully saturated rings. The minimum Gasteiger partial charge on any atom is -0.341 e. The van der Waals surface area contributed by atoms with E-state index in [9.17, 15) is 0 Å². The van der Waals surface area contributed by atoms with Crippen LogP contribution in [0.4, 0.5) is 0 Å². The summed E-state index contributed by atoms with van der Waals surface area (Å²) in [4.78, 5) is 10.9. The van der Waals surface area contributed by atoms with Crippen molar-refractivity contribution in [1.29, 1.82) is 0 Å². The first-order chi connectivity index (χ1) is 10.2. The lowest BCUT2D eigenvalue weighted by molar-refractivity contribution is 0.192. The van der Waals surface area contributed by atoms with Crippen LogP contribution in [-0.4, -0.2) is 28.0 Å². The molecule has 3 heteroatoms. The molecule has 1 aromatic heterocycles. The number of aromatic nitrogens is 2. The summed E-state index contributed by atoms with van der Waals surface area (Å²) in [6.07, 6.45) is 4.66. The molecule has 1 aromatic carbocycles. The number of aromatic amines is 1. The molecule has 1 atom stereocenters. The maximum atomic E-state index is 4.84. The van der Waals surface area contributed by atoms with Gasteiger partial charge in [-0.25, -0.2) is 4.98 Å². The second-order valence-corrected chi connectivity index (χ2v) is 5.73. The highest BCUT2D eigenvalue weighted by Gasteiger charge is 2.20. The van der Waals surface area contributed by atoms with Crippen molar-refractivity contribution >= 4 is 11.0 Å². The van der Waals surface area contributed by atoms with Crippen LogP contribution in [0.3, 0.4) is 0 Å². The number of aryl methyl sites for hydroxylation is 1. The summed E-state index contributed by atoms with van der Waals surface area (Å²) in [5, 5.41) is 0. The number of rotatable bonds is 8. The Morgan fingerprint density at radius 3 is 2.62 bits per heavy atom. The van der Waals surface area contributed by atoms with Gasteiger partial charge in [0.1, 0.15) is 5.82 Å². The lowest BCUT2D eigenvalue weighted by atomic mass is 10.1. The molecule has 0 bridgehead atoms. The number of hydrogen-bond donors (Lipinski definition) is 1. The van der Waals surface area contributed by atoms with Crippen molar-refractivity contribution in [2.75, 3.05) is 13.1 Å². The summed E-state index contributed by atoms with van der Waals surface area (Å²) >= 11 is 0. The molecule has 0 saturated heterocycles. The molecule has 1 heterocycles. The summed E-state index contributed by atoms with van der Waals surface area (Å²) < 4.78 is 0. The van der Waals surface area contributed by atoms with Crippen LogP contribution < -0.4 is 0 Å². The fraction of sp³-hybridized carbons (Fsp3) is 0.611. The normalized spacial score (nSPS) is 13.2. The van der Waals surface area contributed by atoms with Crippen molar-refractivity contribution in [1.82, 2.24) is 14.9 Å². The van der Waals surface area contributed by atoms with Crippen LogP contribution >= 0.6 is 0 Å². The Balaban J connectivity index is 2.28. The highest BCUT2D eigenvalue weighted by atomic mass is 15.2. The molecule has 3 nitrogen and oxygen atoms in total. The summed E-state index contributed by atoms with van der Waals surface area (Å²) in [5.74, 6) is 1.12. The fourth-order valence-corrected chi connectivity index (χ4v) is 2.97. The van der Waals surface area contributed by atoms with E-state index in [4.69, 9.17) is 4.98 Å². The molecule has 116 valence electrons. The van der Waals surface area contributed by atoms with E-state index in [1.165, 1.54) is 23.9 Å². The van der Waals surface area contributed by atoms with Gasteiger partial charge < -0.3 is 4.98 Å². The minimum atomic E-state index is 0.402. The van der Waals surface area contributed by atoms with Crippen molar-refractivity contribution in [2.45, 2.75) is 59.4 Å². The van der Waals surface area contributed by atoms with Gasteiger partial charge in [-0.1, -0.05) is 40.2 Å². The number of H-pyrrole nitrogens is 1. The first-order valence-corrected chi connectivity index (χ1v) is 8.45. The number of hydrogen-bond acceptors (Lipinski definition) is 2. The van der Waals surface area contributed by atoms with Gasteiger partial charge in [0.2, 0.25) is 0 Å². The maximum absolute atomic E-state index is 4.84. The minimum absolute atomic E-state index is 0.402. The van der Waals surface area contributed by atoms with Gasteiger partial charge in [-0.2, -0.15) is 0 Å². The average Bonchev–Trinajstić information content (AvgIpc) is 2.93. The smallest absolute Gasteiger partial charge is 0.124 e. The Morgan fingerprint density at radius 2 is 2.00 bits per heavy atom. The maximum Gasteiger partial charge on any atom is 0.124 e. The first-order valence-electron chi connectivity index (χ1n) is 8.45. The third-order valence-corrected chi connectivity index (χ3v) is 4.32. The molecule has 1 N–H and O–H groups in total. The molecule has 21 heavy (non-hydrogen) atoms. The number of imidazole rings is 1. The van der Waals surface area contributed by atoms with Crippen LogP contribution in [0.1, 0.15) is 64.4 Å². The van der Waals surface area contributed by atoms with Gasteiger partial charge >= 0.3 is 0 Å². The molecule has 2 aromatic rings. The van der Waals surface area contributed by atoms with E-state index in [1.54, 1.807) is 0 Å². The number of fused-ring (bicyclic) bond motifs is 1. The molecular weight excluding hydrogens is 258 g/mol. The molecule has 0 radical (unpaired) electrons. The van der Waals surface area contributed by atoms with E-state index in [2.05, 4.69) is 55.8 Å². The van der Waals surface area contributed by atoms with Crippen molar-refractivity contribution in [3.63, 3.8) is 0 Å². The van der Waals surface area contributed by atoms with Crippen LogP contribution in [0.25, 0.3) is 11.0 Å². The molecule has 0 aliphatic rings. The Bertz CT molecular complexity index is 559. The number of unbranched alkanes of at least 4 members (excludes halogenated alkanes) is 1. The van der Waals surface area contributed by atoms with Crippen molar-refractivity contribution in [3.05, 3.63) is 29.6 Å². The summed E-state index contributed by atoms with van der Waals surface area (Å²) in [6, 6.07) is 6.96. The predicted molar refractivity (Wildman–Crippen MR) is 90.7 cm³/mol. The molecule has 1 unspecified atom stereocenters. The zero-order chi connectivity index (χ0) is 15.2. The summed E-state index contributed by atoms with van der Waals surface area (Å²) in [5.41, 5.74) is 3.63. The van der Waals surface area contributed by atoms with Gasteiger partial charge in [0.05, 0.1) is 17.1 Å². The molecule has 0 aliphatic carbocycles. The van der Waals surface area contributed by atoms with Gasteiger partial charge in [-0.05, 0) is 50.0 Å². The Hall–Kier alpha value is -1.35. The summed E-state index contributed by atoms with van der Waals surface area (Å²) in [7, 11) is 0. The first kappa shape index (κ1) is 16.0. The van der Waals surface area contributed by atoms with Crippen LogP contribution in [0.15, 0.2) is 18.2 Å². The average molecular weight is 287 g/mol. The zero-order valence-corrected chi connectivity index (χ0v) is 13.9. The zero-order valence-electron chi connectivity index (χ0n) is 13.9. The molecule has 0 spiro atoms. The van der Waals surface area contributed by atoms with Crippen LogP contribution in [-0.2, 0) is 6.42 Å². The summed E-state index contributed by atoms with van der Waals surface area (Å²) in [6.45, 7) is 11.2. The molecule has 0 amide bonds. The van der Waals surface area contributed by atoms with E-state index in [-0.39, 0.29) is 0 Å². The lowest BCUT2D eigenvalue weighted by Crippen LogP contribution is -2.30. The van der Waals surface area contributed by atoms with Crippen molar-refractivity contribution in [3.8, 4) is 0 Å². The van der Waals surface area contributed by atoms with Gasteiger partial charge in [-0.15, -0.1) is 0 Å². The van der Waals surface area contributed by atoms with Gasteiger partial charge in [-0.3, -0.25) is 4.90 Å². The fourth-order valence-electron chi connectivity index (χ4n) is 2.97. The van der Waals surface area contributed by atoms with Crippen LogP contribution in [0, 0.1) is 0 Å². The Labute approximate surface area is 128 Å². The predicted octanol–water partition coefficient (Wildman–Crippen LogP) is 4.70. The standard InChI is InChI=1S/C18H29N3/c1-5-9-12-21(8-4)17(7-3)18-19-15-11-10-14(6-2)13-16(15)20-18/h10-11,13,17H,5-9,12H2,1-4H3,(H,19,20). The van der Waals surface area contributed by atoms with Crippen molar-refractivity contribution < 1.29 is 0 Å². The number of benzene rings is 1. The Kier molecular flexibility index (Phi) is 5.80. The number of nitrogens with one attached hydrogen (secondary N) is 1. The van der Waals surface area contributed by atoms with Crippen LogP contribution in [0.2, 0.25) is 0 Å². The Morgan fingerprint density at radius 1 is 1.19 bits per heavy atom. The molecule has 0 saturated carbocycles. The SMILES string of the molecule is CCCCN(CC)C(CC)c1nc2ccc(CC)cc2[nH]1. The quantitative estimate of drug-likeness (QED) is 0.763. The monoisotopic (exact) mass is 287 g/mol. The third kappa shape index (κ3) is 3.65. The second-order valence-electron chi connectivity index (χ2n) is 5.73. The molecule has 0 aliphatic heterocycles. The highest BCUT2D eigenvalue weighted by Crippen LogP contribution is 2.25. The van der Waals surface area contributed by atoms with E-state index >= 15 is 0 Å². The van der Waals surface area contributed by atoms with E-state index in [0.29, 0.717) is 6.04 Å². The third-order valence-electron chi connectivity index (χ3n) is 4.32. The number of nitrogens with zero attached hydrogens (tertiary/aromatic N) is 2. The van der Waals surface area contributed by atoms with E-state index in [1.807, 2.05) is 0 Å². The lowest BCUT2D eigenvalue weighted by Gasteiger charge is -2.28. The van der Waals surface area contributed by atoms with Crippen molar-refractivity contribution in [2.24, 2.45) is 0 Å².